The van der Waals surface area contributed by atoms with Gasteiger partial charge in [0.1, 0.15) is 18.5 Å². The molecule has 0 saturated heterocycles. The predicted molar refractivity (Wildman–Crippen MR) is 151 cm³/mol. The number of nitrogens with two attached hydrogens (primary N) is 1. The zero-order chi connectivity index (χ0) is 28.3. The molecule has 3 aromatic rings. The number of para-hydroxylation sites is 3. The second-order valence-corrected chi connectivity index (χ2v) is 9.16. The Hall–Kier alpha value is -4.70. The fourth-order valence-electron chi connectivity index (χ4n) is 4.21. The SMILES string of the molecule is C[C@H](CC/C=C/C(=O)Nc1ccccc1N)[C@@H](OC(=O)Nc1ccc2c(c1)OCO2)c1ccccc1OCCO. The molecule has 2 atom stereocenters. The van der Waals surface area contributed by atoms with Crippen molar-refractivity contribution in [1.82, 2.24) is 0 Å². The van der Waals surface area contributed by atoms with Crippen LogP contribution in [-0.4, -0.2) is 37.1 Å². The van der Waals surface area contributed by atoms with Crippen molar-refractivity contribution in [2.24, 2.45) is 5.92 Å². The number of aliphatic hydroxyl groups excluding tert-OH is 1. The maximum Gasteiger partial charge on any atom is 0.412 e. The molecule has 5 N–H and O–H groups in total. The van der Waals surface area contributed by atoms with Crippen LogP contribution in [0.4, 0.5) is 21.9 Å². The molecule has 0 saturated carbocycles. The number of fused-ring (bicyclic) bond motifs is 1. The molecule has 0 radical (unpaired) electrons. The first-order valence-corrected chi connectivity index (χ1v) is 13.0. The standard InChI is InChI=1S/C30H33N3O7/c1-20(8-2-7-13-28(35)33-24-11-5-4-10-23(24)31)29(22-9-3-6-12-25(22)37-17-16-34)40-30(36)32-21-14-15-26-27(18-21)39-19-38-26/h3-7,9-15,18,20,29,34H,2,8,16-17,19,31H2,1H3,(H,32,36)(H,33,35)/b13-7+/t20-,29-/m1/s1. The van der Waals surface area contributed by atoms with Crippen LogP contribution in [0.3, 0.4) is 0 Å². The summed E-state index contributed by atoms with van der Waals surface area (Å²) >= 11 is 0. The Morgan fingerprint density at radius 3 is 2.65 bits per heavy atom. The van der Waals surface area contributed by atoms with Gasteiger partial charge in [-0.3, -0.25) is 10.1 Å². The zero-order valence-electron chi connectivity index (χ0n) is 22.2. The molecule has 1 aliphatic heterocycles. The lowest BCUT2D eigenvalue weighted by atomic mass is 9.92. The van der Waals surface area contributed by atoms with Crippen molar-refractivity contribution < 1.29 is 33.6 Å². The molecule has 10 nitrogen and oxygen atoms in total. The third-order valence-electron chi connectivity index (χ3n) is 6.22. The van der Waals surface area contributed by atoms with Gasteiger partial charge in [-0.1, -0.05) is 43.3 Å². The summed E-state index contributed by atoms with van der Waals surface area (Å²) < 4.78 is 22.4. The Morgan fingerprint density at radius 1 is 1.05 bits per heavy atom. The largest absolute Gasteiger partial charge is 0.491 e. The predicted octanol–water partition coefficient (Wildman–Crippen LogP) is 5.27. The van der Waals surface area contributed by atoms with Crippen LogP contribution in [0.1, 0.15) is 31.4 Å². The topological polar surface area (TPSA) is 141 Å². The molecule has 0 spiro atoms. The molecule has 1 heterocycles. The number of nitrogens with one attached hydrogen (secondary N) is 2. The van der Waals surface area contributed by atoms with Crippen LogP contribution in [0.15, 0.2) is 78.9 Å². The molecule has 40 heavy (non-hydrogen) atoms. The number of amides is 2. The van der Waals surface area contributed by atoms with Gasteiger partial charge in [-0.15, -0.1) is 0 Å². The highest BCUT2D eigenvalue weighted by Gasteiger charge is 2.27. The molecule has 2 amide bonds. The smallest absolute Gasteiger partial charge is 0.412 e. The van der Waals surface area contributed by atoms with E-state index in [1.54, 1.807) is 54.6 Å². The van der Waals surface area contributed by atoms with Gasteiger partial charge >= 0.3 is 6.09 Å². The first-order chi connectivity index (χ1) is 19.4. The molecule has 10 heteroatoms. The Labute approximate surface area is 232 Å². The quantitative estimate of drug-likeness (QED) is 0.178. The van der Waals surface area contributed by atoms with Crippen LogP contribution in [0.25, 0.3) is 0 Å². The molecule has 210 valence electrons. The van der Waals surface area contributed by atoms with E-state index in [0.29, 0.717) is 52.7 Å². The number of hydrogen-bond acceptors (Lipinski definition) is 8. The third-order valence-corrected chi connectivity index (χ3v) is 6.22. The van der Waals surface area contributed by atoms with E-state index in [2.05, 4.69) is 10.6 Å². The van der Waals surface area contributed by atoms with E-state index in [1.807, 2.05) is 25.1 Å². The van der Waals surface area contributed by atoms with Gasteiger partial charge in [0.05, 0.1) is 18.0 Å². The summed E-state index contributed by atoms with van der Waals surface area (Å²) in [6.45, 7) is 2.04. The maximum absolute atomic E-state index is 13.0. The van der Waals surface area contributed by atoms with Crippen LogP contribution < -0.4 is 30.6 Å². The molecular formula is C30H33N3O7. The molecule has 3 aromatic carbocycles. The van der Waals surface area contributed by atoms with Gasteiger partial charge in [0.15, 0.2) is 11.5 Å². The van der Waals surface area contributed by atoms with Crippen LogP contribution >= 0.6 is 0 Å². The lowest BCUT2D eigenvalue weighted by Crippen LogP contribution is -2.22. The second-order valence-electron chi connectivity index (χ2n) is 9.16. The van der Waals surface area contributed by atoms with E-state index in [0.717, 1.165) is 0 Å². The van der Waals surface area contributed by atoms with Gasteiger partial charge in [0.25, 0.3) is 0 Å². The van der Waals surface area contributed by atoms with Crippen molar-refractivity contribution in [3.63, 3.8) is 0 Å². The number of carbonyl (C=O) groups excluding carboxylic acids is 2. The molecule has 0 aliphatic carbocycles. The minimum absolute atomic E-state index is 0.102. The van der Waals surface area contributed by atoms with Gasteiger partial charge in [0, 0.05) is 17.3 Å². The average molecular weight is 548 g/mol. The molecule has 4 rings (SSSR count). The molecule has 1 aliphatic rings. The van der Waals surface area contributed by atoms with Crippen molar-refractivity contribution in [3.05, 3.63) is 84.4 Å². The first-order valence-electron chi connectivity index (χ1n) is 13.0. The van der Waals surface area contributed by atoms with Gasteiger partial charge < -0.3 is 35.1 Å². The van der Waals surface area contributed by atoms with E-state index < -0.39 is 12.2 Å². The Balaban J connectivity index is 1.42. The van der Waals surface area contributed by atoms with E-state index >= 15 is 0 Å². The molecule has 0 bridgehead atoms. The van der Waals surface area contributed by atoms with E-state index in [-0.39, 0.29) is 31.8 Å². The highest BCUT2D eigenvalue weighted by atomic mass is 16.7. The summed E-state index contributed by atoms with van der Waals surface area (Å²) in [4.78, 5) is 25.3. The van der Waals surface area contributed by atoms with Crippen molar-refractivity contribution in [1.29, 1.82) is 0 Å². The van der Waals surface area contributed by atoms with Crippen molar-refractivity contribution in [2.75, 3.05) is 36.4 Å². The van der Waals surface area contributed by atoms with Crippen molar-refractivity contribution in [3.8, 4) is 17.2 Å². The van der Waals surface area contributed by atoms with Crippen LogP contribution in [-0.2, 0) is 9.53 Å². The highest BCUT2D eigenvalue weighted by Crippen LogP contribution is 2.37. The molecule has 0 fully saturated rings. The number of nitrogen functional groups attached to an aromatic ring is 1. The monoisotopic (exact) mass is 547 g/mol. The lowest BCUT2D eigenvalue weighted by Gasteiger charge is -2.26. The number of aliphatic hydroxyl groups is 1. The van der Waals surface area contributed by atoms with Gasteiger partial charge in [-0.05, 0) is 55.2 Å². The summed E-state index contributed by atoms with van der Waals surface area (Å²) in [6.07, 6.45) is 3.07. The van der Waals surface area contributed by atoms with Gasteiger partial charge in [-0.25, -0.2) is 4.79 Å². The molecule has 0 aromatic heterocycles. The fourth-order valence-corrected chi connectivity index (χ4v) is 4.21. The van der Waals surface area contributed by atoms with Crippen molar-refractivity contribution in [2.45, 2.75) is 25.9 Å². The average Bonchev–Trinajstić information content (AvgIpc) is 3.42. The summed E-state index contributed by atoms with van der Waals surface area (Å²) in [5.41, 5.74) is 8.09. The summed E-state index contributed by atoms with van der Waals surface area (Å²) in [6, 6.07) is 19.4. The first kappa shape index (κ1) is 28.3. The molecule has 0 unspecified atom stereocenters. The Kier molecular flexibility index (Phi) is 9.84. The van der Waals surface area contributed by atoms with Gasteiger partial charge in [-0.2, -0.15) is 0 Å². The number of ether oxygens (including phenoxy) is 4. The number of benzene rings is 3. The third kappa shape index (κ3) is 7.67. The summed E-state index contributed by atoms with van der Waals surface area (Å²) in [5, 5.41) is 14.8. The summed E-state index contributed by atoms with van der Waals surface area (Å²) in [7, 11) is 0. The van der Waals surface area contributed by atoms with E-state index in [4.69, 9.17) is 24.7 Å². The highest BCUT2D eigenvalue weighted by molar-refractivity contribution is 6.01. The maximum atomic E-state index is 13.0. The minimum Gasteiger partial charge on any atom is -0.491 e. The normalized spacial score (nSPS) is 13.4. The number of allylic oxidation sites excluding steroid dienone is 1. The number of carbonyl (C=O) groups is 2. The van der Waals surface area contributed by atoms with Crippen LogP contribution in [0.2, 0.25) is 0 Å². The van der Waals surface area contributed by atoms with Gasteiger partial charge in [0.2, 0.25) is 12.7 Å². The van der Waals surface area contributed by atoms with Crippen LogP contribution in [0.5, 0.6) is 17.2 Å². The number of hydrogen-bond donors (Lipinski definition) is 4. The summed E-state index contributed by atoms with van der Waals surface area (Å²) in [5.74, 6) is 1.22. The van der Waals surface area contributed by atoms with E-state index in [9.17, 15) is 14.7 Å². The molecular weight excluding hydrogens is 514 g/mol. The number of rotatable bonds is 12. The van der Waals surface area contributed by atoms with E-state index in [1.165, 1.54) is 6.08 Å². The Morgan fingerprint density at radius 2 is 1.82 bits per heavy atom. The minimum atomic E-state index is -0.671. The van der Waals surface area contributed by atoms with Crippen LogP contribution in [0, 0.1) is 5.92 Å². The zero-order valence-corrected chi connectivity index (χ0v) is 22.2. The Bertz CT molecular complexity index is 1340. The lowest BCUT2D eigenvalue weighted by molar-refractivity contribution is -0.111. The second kappa shape index (κ2) is 13.9. The fraction of sp³-hybridized carbons (Fsp3) is 0.267. The number of anilines is 3. The van der Waals surface area contributed by atoms with Crippen molar-refractivity contribution >= 4 is 29.1 Å².